The summed E-state index contributed by atoms with van der Waals surface area (Å²) < 4.78 is 6.47. The first-order chi connectivity index (χ1) is 8.52. The molecule has 1 aliphatic rings. The van der Waals surface area contributed by atoms with Crippen LogP contribution < -0.4 is 70.5 Å². The molecule has 1 fully saturated rings. The van der Waals surface area contributed by atoms with Gasteiger partial charge in [-0.2, -0.15) is 4.98 Å². The Balaban J connectivity index is -0.000000361. The molecule has 0 radical (unpaired) electrons. The zero-order valence-electron chi connectivity index (χ0n) is 13.5. The summed E-state index contributed by atoms with van der Waals surface area (Å²) in [5.41, 5.74) is 4.79. The van der Waals surface area contributed by atoms with Crippen molar-refractivity contribution in [1.82, 2.24) is 9.55 Å². The molecule has 2 heterocycles. The predicted octanol–water partition coefficient (Wildman–Crippen LogP) is -8.21. The Morgan fingerprint density at radius 1 is 1.40 bits per heavy atom. The minimum atomic E-state index is -1.17. The maximum absolute atomic E-state index is 11.5. The van der Waals surface area contributed by atoms with E-state index in [2.05, 4.69) is 4.98 Å². The molecular formula is C10H19N3Na2O5. The van der Waals surface area contributed by atoms with Crippen LogP contribution in [0.4, 0.5) is 5.82 Å². The van der Waals surface area contributed by atoms with E-state index in [-0.39, 0.29) is 75.8 Å². The van der Waals surface area contributed by atoms with Crippen LogP contribution in [-0.2, 0) is 11.3 Å². The quantitative estimate of drug-likeness (QED) is 0.408. The third kappa shape index (κ3) is 4.51. The second kappa shape index (κ2) is 8.84. The van der Waals surface area contributed by atoms with E-state index in [1.807, 2.05) is 0 Å². The first kappa shape index (κ1) is 20.5. The van der Waals surface area contributed by atoms with Gasteiger partial charge in [-0.15, -0.1) is 0 Å². The molecule has 0 spiro atoms. The summed E-state index contributed by atoms with van der Waals surface area (Å²) in [6, 6.07) is 1.45. The molecule has 1 aliphatic heterocycles. The van der Waals surface area contributed by atoms with E-state index in [0.29, 0.717) is 0 Å². The zero-order valence-corrected chi connectivity index (χ0v) is 15.5. The molecule has 0 aromatic carbocycles. The molecular weight excluding hydrogens is 288 g/mol. The number of rotatable bonds is 3. The number of anilines is 1. The largest absolute Gasteiger partial charge is 1.00 e. The standard InChI is InChI=1S/C10H15N3O5.2Na.H2.2H/c11-7-1-2-13(10(17)12-7)3-5-8(15)9(16)6(4-14)18-5;;;;;/h1-2,5-6,8-9,14-16H,3-4H2,(H2,11,12,17);;;1H;;/q;2*+1;;2*-1/t5-,6+,8-,9+;;;;;/m0...../s1. The Bertz CT molecular complexity index is 499. The number of hydrogen-bond donors (Lipinski definition) is 4. The second-order valence-electron chi connectivity index (χ2n) is 4.16. The Labute approximate surface area is 164 Å². The van der Waals surface area contributed by atoms with Gasteiger partial charge in [-0.1, -0.05) is 0 Å². The van der Waals surface area contributed by atoms with Crippen molar-refractivity contribution in [2.24, 2.45) is 0 Å². The van der Waals surface area contributed by atoms with Crippen LogP contribution >= 0.6 is 0 Å². The molecule has 5 N–H and O–H groups in total. The number of aromatic nitrogens is 2. The van der Waals surface area contributed by atoms with Crippen LogP contribution in [0.15, 0.2) is 17.1 Å². The first-order valence-corrected chi connectivity index (χ1v) is 5.48. The number of aliphatic hydroxyl groups excluding tert-OH is 3. The summed E-state index contributed by atoms with van der Waals surface area (Å²) in [5.74, 6) is 0.109. The number of hydrogen-bond acceptors (Lipinski definition) is 7. The van der Waals surface area contributed by atoms with Crippen LogP contribution in [0, 0.1) is 0 Å². The van der Waals surface area contributed by atoms with Crippen LogP contribution in [0.25, 0.3) is 0 Å². The van der Waals surface area contributed by atoms with Crippen molar-refractivity contribution >= 4 is 5.82 Å². The summed E-state index contributed by atoms with van der Waals surface area (Å²) in [5, 5.41) is 28.2. The smallest absolute Gasteiger partial charge is 1.00 e. The van der Waals surface area contributed by atoms with Gasteiger partial charge in [-0.25, -0.2) is 4.79 Å². The van der Waals surface area contributed by atoms with Gasteiger partial charge in [0.2, 0.25) is 0 Å². The first-order valence-electron chi connectivity index (χ1n) is 5.48. The fourth-order valence-electron chi connectivity index (χ4n) is 1.90. The van der Waals surface area contributed by atoms with Crippen molar-refractivity contribution < 1.29 is 83.5 Å². The van der Waals surface area contributed by atoms with Gasteiger partial charge >= 0.3 is 64.8 Å². The average molecular weight is 307 g/mol. The Kier molecular flexibility index (Phi) is 9.07. The Morgan fingerprint density at radius 3 is 2.50 bits per heavy atom. The van der Waals surface area contributed by atoms with Crippen molar-refractivity contribution in [3.05, 3.63) is 22.7 Å². The van der Waals surface area contributed by atoms with Crippen LogP contribution in [0.1, 0.15) is 4.28 Å². The summed E-state index contributed by atoms with van der Waals surface area (Å²) in [6.07, 6.45) is -2.52. The van der Waals surface area contributed by atoms with Gasteiger partial charge in [-0.05, 0) is 6.07 Å². The van der Waals surface area contributed by atoms with Crippen molar-refractivity contribution in [2.45, 2.75) is 31.0 Å². The van der Waals surface area contributed by atoms with Gasteiger partial charge in [0.15, 0.2) is 0 Å². The third-order valence-electron chi connectivity index (χ3n) is 2.91. The molecule has 10 heteroatoms. The number of ether oxygens (including phenoxy) is 1. The van der Waals surface area contributed by atoms with E-state index < -0.39 is 36.7 Å². The normalized spacial score (nSPS) is 28.6. The summed E-state index contributed by atoms with van der Waals surface area (Å²) >= 11 is 0. The molecule has 1 saturated heterocycles. The van der Waals surface area contributed by atoms with Gasteiger partial charge in [0, 0.05) is 7.62 Å². The average Bonchev–Trinajstić information content (AvgIpc) is 2.60. The molecule has 0 unspecified atom stereocenters. The summed E-state index contributed by atoms with van der Waals surface area (Å²) in [7, 11) is 0. The SMILES string of the molecule is Nc1ccn(C[C@@H]2O[C@H](CO)[C@@H](O)[C@H]2O)c(=O)n1.[H-].[H-].[HH].[Na+].[Na+]. The number of aliphatic hydroxyl groups is 3. The summed E-state index contributed by atoms with van der Waals surface area (Å²) in [6.45, 7) is -0.371. The fourth-order valence-corrected chi connectivity index (χ4v) is 1.90. The zero-order chi connectivity index (χ0) is 13.3. The number of nitrogen functional groups attached to an aromatic ring is 1. The topological polar surface area (TPSA) is 131 Å². The summed E-state index contributed by atoms with van der Waals surface area (Å²) in [4.78, 5) is 15.0. The van der Waals surface area contributed by atoms with Gasteiger partial charge in [0.25, 0.3) is 0 Å². The molecule has 1 aromatic rings. The molecule has 0 saturated carbocycles. The maximum Gasteiger partial charge on any atom is 1.00 e. The van der Waals surface area contributed by atoms with E-state index in [1.165, 1.54) is 16.8 Å². The number of nitrogens with two attached hydrogens (primary N) is 1. The van der Waals surface area contributed by atoms with Gasteiger partial charge in [0.05, 0.1) is 13.2 Å². The second-order valence-corrected chi connectivity index (χ2v) is 4.16. The predicted molar refractivity (Wildman–Crippen MR) is 65.0 cm³/mol. The van der Waals surface area contributed by atoms with E-state index in [1.54, 1.807) is 0 Å². The fraction of sp³-hybridized carbons (Fsp3) is 0.600. The van der Waals surface area contributed by atoms with Crippen LogP contribution in [0.3, 0.4) is 0 Å². The molecule has 1 aromatic heterocycles. The minimum absolute atomic E-state index is 0. The van der Waals surface area contributed by atoms with Crippen LogP contribution in [0.5, 0.6) is 0 Å². The number of nitrogens with zero attached hydrogens (tertiary/aromatic N) is 2. The molecule has 0 amide bonds. The molecule has 106 valence electrons. The van der Waals surface area contributed by atoms with Gasteiger partial charge < -0.3 is 28.6 Å². The van der Waals surface area contributed by atoms with E-state index in [0.717, 1.165) is 0 Å². The molecule has 2 rings (SSSR count). The van der Waals surface area contributed by atoms with Gasteiger partial charge in [-0.3, -0.25) is 4.57 Å². The van der Waals surface area contributed by atoms with E-state index in [9.17, 15) is 15.0 Å². The van der Waals surface area contributed by atoms with Crippen molar-refractivity contribution in [3.8, 4) is 0 Å². The maximum atomic E-state index is 11.5. The Hall–Kier alpha value is 0.520. The van der Waals surface area contributed by atoms with E-state index >= 15 is 0 Å². The molecule has 20 heavy (non-hydrogen) atoms. The molecule has 4 atom stereocenters. The molecule has 0 aliphatic carbocycles. The van der Waals surface area contributed by atoms with Crippen molar-refractivity contribution in [1.29, 1.82) is 0 Å². The molecule has 8 nitrogen and oxygen atoms in total. The molecule has 0 bridgehead atoms. The van der Waals surface area contributed by atoms with Crippen LogP contribution in [0.2, 0.25) is 0 Å². The van der Waals surface area contributed by atoms with E-state index in [4.69, 9.17) is 15.6 Å². The van der Waals surface area contributed by atoms with Crippen molar-refractivity contribution in [2.75, 3.05) is 12.3 Å². The van der Waals surface area contributed by atoms with Crippen LogP contribution in [-0.4, -0.2) is 55.9 Å². The Morgan fingerprint density at radius 2 is 2.00 bits per heavy atom. The van der Waals surface area contributed by atoms with Gasteiger partial charge in [0.1, 0.15) is 30.2 Å². The third-order valence-corrected chi connectivity index (χ3v) is 2.91. The minimum Gasteiger partial charge on any atom is -1.00 e. The monoisotopic (exact) mass is 307 g/mol. The van der Waals surface area contributed by atoms with Crippen molar-refractivity contribution in [3.63, 3.8) is 0 Å².